The van der Waals surface area contributed by atoms with Gasteiger partial charge in [-0.15, -0.1) is 0 Å². The van der Waals surface area contributed by atoms with E-state index < -0.39 is 41.2 Å². The van der Waals surface area contributed by atoms with E-state index in [1.54, 1.807) is 0 Å². The number of hydrogen-bond acceptors (Lipinski definition) is 2. The van der Waals surface area contributed by atoms with Crippen LogP contribution >= 0.6 is 0 Å². The molecular weight excluding hydrogens is 470 g/mol. The summed E-state index contributed by atoms with van der Waals surface area (Å²) in [6, 6.07) is 3.89. The zero-order chi connectivity index (χ0) is 25.1. The molecule has 188 valence electrons. The smallest absolute Gasteiger partial charge is 0.387 e. The van der Waals surface area contributed by atoms with Crippen LogP contribution in [0.4, 0.5) is 26.3 Å². The van der Waals surface area contributed by atoms with Gasteiger partial charge in [-0.25, -0.2) is 17.6 Å². The van der Waals surface area contributed by atoms with Gasteiger partial charge in [-0.05, 0) is 93.0 Å². The lowest BCUT2D eigenvalue weighted by Gasteiger charge is -2.42. The molecule has 4 atom stereocenters. The third kappa shape index (κ3) is 5.95. The highest BCUT2D eigenvalue weighted by Crippen LogP contribution is 2.47. The maximum absolute atomic E-state index is 14.8. The third-order valence-corrected chi connectivity index (χ3v) is 7.04. The van der Waals surface area contributed by atoms with Gasteiger partial charge in [0, 0.05) is 12.2 Å². The minimum Gasteiger partial charge on any atom is -0.429 e. The van der Waals surface area contributed by atoms with Gasteiger partial charge in [-0.3, -0.25) is 0 Å². The van der Waals surface area contributed by atoms with Gasteiger partial charge >= 0.3 is 6.61 Å². The minimum absolute atomic E-state index is 0.0523. The monoisotopic (exact) mass is 496 g/mol. The lowest BCUT2D eigenvalue weighted by molar-refractivity contribution is -0.0546. The summed E-state index contributed by atoms with van der Waals surface area (Å²) in [6.45, 7) is -0.697. The number of hydrogen-bond donors (Lipinski definition) is 0. The average Bonchev–Trinajstić information content (AvgIpc) is 2.80. The maximum Gasteiger partial charge on any atom is 0.387 e. The number of fused-ring (bicyclic) bond motifs is 1. The molecule has 2 saturated carbocycles. The van der Waals surface area contributed by atoms with E-state index in [4.69, 9.17) is 4.74 Å². The van der Waals surface area contributed by atoms with Crippen molar-refractivity contribution in [1.29, 1.82) is 0 Å². The van der Waals surface area contributed by atoms with E-state index >= 15 is 0 Å². The second-order valence-electron chi connectivity index (χ2n) is 9.18. The van der Waals surface area contributed by atoms with Crippen LogP contribution < -0.4 is 4.74 Å². The van der Waals surface area contributed by atoms with Crippen molar-refractivity contribution in [3.8, 4) is 17.6 Å². The quantitative estimate of drug-likeness (QED) is 0.319. The highest BCUT2D eigenvalue weighted by molar-refractivity contribution is 5.47. The fourth-order valence-electron chi connectivity index (χ4n) is 5.45. The molecule has 0 aliphatic heterocycles. The van der Waals surface area contributed by atoms with E-state index in [0.717, 1.165) is 38.5 Å². The largest absolute Gasteiger partial charge is 0.429 e. The van der Waals surface area contributed by atoms with Crippen molar-refractivity contribution in [2.45, 2.75) is 64.1 Å². The molecule has 35 heavy (non-hydrogen) atoms. The second-order valence-corrected chi connectivity index (χ2v) is 9.18. The molecule has 0 spiro atoms. The van der Waals surface area contributed by atoms with Crippen LogP contribution in [0.25, 0.3) is 0 Å². The normalized spacial score (nSPS) is 24.0. The van der Waals surface area contributed by atoms with Crippen LogP contribution in [-0.2, 0) is 4.74 Å². The second kappa shape index (κ2) is 10.9. The van der Waals surface area contributed by atoms with Crippen LogP contribution in [0.2, 0.25) is 0 Å². The first-order chi connectivity index (χ1) is 16.7. The van der Waals surface area contributed by atoms with Gasteiger partial charge in [0.25, 0.3) is 0 Å². The van der Waals surface area contributed by atoms with Crippen LogP contribution in [-0.4, -0.2) is 19.3 Å². The molecule has 0 heterocycles. The van der Waals surface area contributed by atoms with Crippen LogP contribution in [0.5, 0.6) is 5.75 Å². The summed E-state index contributed by atoms with van der Waals surface area (Å²) in [6.07, 6.45) is 6.12. The summed E-state index contributed by atoms with van der Waals surface area (Å²) < 4.78 is 91.4. The Morgan fingerprint density at radius 3 is 2.09 bits per heavy atom. The van der Waals surface area contributed by atoms with Gasteiger partial charge < -0.3 is 9.47 Å². The van der Waals surface area contributed by atoms with Crippen molar-refractivity contribution in [2.75, 3.05) is 6.61 Å². The summed E-state index contributed by atoms with van der Waals surface area (Å²) in [5, 5.41) is 0. The van der Waals surface area contributed by atoms with Crippen LogP contribution in [0.15, 0.2) is 24.3 Å². The fraction of sp³-hybridized carbons (Fsp3) is 0.481. The highest BCUT2D eigenvalue weighted by Gasteiger charge is 2.36. The number of benzene rings is 2. The Kier molecular flexibility index (Phi) is 7.95. The fourth-order valence-corrected chi connectivity index (χ4v) is 5.45. The Bertz CT molecular complexity index is 1080. The van der Waals surface area contributed by atoms with Gasteiger partial charge in [0.2, 0.25) is 0 Å². The van der Waals surface area contributed by atoms with Crippen LogP contribution in [0, 0.1) is 46.9 Å². The van der Waals surface area contributed by atoms with Crippen molar-refractivity contribution in [3.05, 3.63) is 64.2 Å². The average molecular weight is 496 g/mol. The Morgan fingerprint density at radius 1 is 0.829 bits per heavy atom. The summed E-state index contributed by atoms with van der Waals surface area (Å²) >= 11 is 0. The molecule has 8 heteroatoms. The van der Waals surface area contributed by atoms with Gasteiger partial charge in [0.05, 0.1) is 11.7 Å². The van der Waals surface area contributed by atoms with E-state index in [1.807, 2.05) is 6.92 Å². The third-order valence-electron chi connectivity index (χ3n) is 7.04. The molecule has 2 aromatic carbocycles. The lowest BCUT2D eigenvalue weighted by Crippen LogP contribution is -2.33. The number of halogens is 6. The molecule has 0 bridgehead atoms. The van der Waals surface area contributed by atoms with Crippen LogP contribution in [0.3, 0.4) is 0 Å². The Balaban J connectivity index is 1.49. The van der Waals surface area contributed by atoms with Gasteiger partial charge in [0.1, 0.15) is 11.6 Å². The molecule has 0 aromatic heterocycles. The molecule has 2 fully saturated rings. The van der Waals surface area contributed by atoms with E-state index in [1.165, 1.54) is 12.1 Å². The number of alkyl halides is 2. The predicted octanol–water partition coefficient (Wildman–Crippen LogP) is 7.33. The zero-order valence-electron chi connectivity index (χ0n) is 19.2. The van der Waals surface area contributed by atoms with Crippen molar-refractivity contribution in [2.24, 2.45) is 11.8 Å². The molecule has 0 amide bonds. The number of rotatable bonds is 5. The molecular formula is C27H26F6O2. The summed E-state index contributed by atoms with van der Waals surface area (Å²) in [5.41, 5.74) is -0.208. The Hall–Kier alpha value is -2.66. The van der Waals surface area contributed by atoms with E-state index in [0.29, 0.717) is 42.2 Å². The van der Waals surface area contributed by atoms with Gasteiger partial charge in [-0.2, -0.15) is 8.78 Å². The standard InChI is InChI=1S/C27H26F6O2/c1-2-34-20-7-6-16-11-17(4-5-18(16)12-20)19-13-22(28)21(23(29)14-19)8-3-15-9-24(30)26(25(31)10-15)35-27(32)33/h9-10,13-14,16-18,20,27H,2,4-7,11-12H2,1H3. The van der Waals surface area contributed by atoms with Gasteiger partial charge in [0.15, 0.2) is 17.4 Å². The molecule has 2 aliphatic rings. The van der Waals surface area contributed by atoms with E-state index in [9.17, 15) is 26.3 Å². The number of ether oxygens (including phenoxy) is 2. The van der Waals surface area contributed by atoms with E-state index in [2.05, 4.69) is 16.6 Å². The van der Waals surface area contributed by atoms with Crippen LogP contribution in [0.1, 0.15) is 68.1 Å². The molecule has 2 aromatic rings. The molecule has 2 aliphatic carbocycles. The highest BCUT2D eigenvalue weighted by atomic mass is 19.3. The Labute approximate surface area is 200 Å². The van der Waals surface area contributed by atoms with Crippen molar-refractivity contribution >= 4 is 0 Å². The molecule has 2 nitrogen and oxygen atoms in total. The van der Waals surface area contributed by atoms with E-state index in [-0.39, 0.29) is 11.5 Å². The summed E-state index contributed by atoms with van der Waals surface area (Å²) in [5.74, 6) is -0.0316. The van der Waals surface area contributed by atoms with Crippen molar-refractivity contribution < 1.29 is 35.8 Å². The lowest BCUT2D eigenvalue weighted by atomic mass is 9.65. The molecule has 0 radical (unpaired) electrons. The molecule has 4 unspecified atom stereocenters. The molecule has 4 rings (SSSR count). The predicted molar refractivity (Wildman–Crippen MR) is 118 cm³/mol. The zero-order valence-corrected chi connectivity index (χ0v) is 19.2. The SMILES string of the molecule is CCOC1CCC2CC(c3cc(F)c(C#Cc4cc(F)c(OC(F)F)c(F)c4)c(F)c3)CCC2C1. The molecule has 0 N–H and O–H groups in total. The minimum atomic E-state index is -3.40. The van der Waals surface area contributed by atoms with Crippen molar-refractivity contribution in [1.82, 2.24) is 0 Å². The first kappa shape index (κ1) is 25.4. The first-order valence-corrected chi connectivity index (χ1v) is 11.8. The first-order valence-electron chi connectivity index (χ1n) is 11.8. The summed E-state index contributed by atoms with van der Waals surface area (Å²) in [4.78, 5) is 0. The van der Waals surface area contributed by atoms with Gasteiger partial charge in [-0.1, -0.05) is 11.8 Å². The topological polar surface area (TPSA) is 18.5 Å². The Morgan fingerprint density at radius 2 is 1.46 bits per heavy atom. The molecule has 0 saturated heterocycles. The maximum atomic E-state index is 14.8. The summed E-state index contributed by atoms with van der Waals surface area (Å²) in [7, 11) is 0. The van der Waals surface area contributed by atoms with Crippen molar-refractivity contribution in [3.63, 3.8) is 0 Å².